The third kappa shape index (κ3) is 7.70. The van der Waals surface area contributed by atoms with Gasteiger partial charge in [-0.1, -0.05) is 17.7 Å². The van der Waals surface area contributed by atoms with E-state index in [0.29, 0.717) is 11.4 Å². The maximum Gasteiger partial charge on any atom is 0.389 e. The van der Waals surface area contributed by atoms with Crippen LogP contribution in [0.2, 0.25) is 5.02 Å². The van der Waals surface area contributed by atoms with Crippen molar-refractivity contribution in [3.05, 3.63) is 29.3 Å². The summed E-state index contributed by atoms with van der Waals surface area (Å²) in [7, 11) is 1.77. The second-order valence-corrected chi connectivity index (χ2v) is 5.79. The molecule has 0 heterocycles. The molecule has 1 aromatic rings. The predicted octanol–water partition coefficient (Wildman–Crippen LogP) is 4.75. The minimum absolute atomic E-state index is 0.0753. The third-order valence-corrected chi connectivity index (χ3v) is 4.06. The first-order valence-electron chi connectivity index (χ1n) is 6.03. The van der Waals surface area contributed by atoms with Crippen LogP contribution in [0.25, 0.3) is 0 Å². The number of hydrogen-bond donors (Lipinski definition) is 1. The van der Waals surface area contributed by atoms with Crippen molar-refractivity contribution in [1.82, 2.24) is 5.32 Å². The summed E-state index contributed by atoms with van der Waals surface area (Å²) in [5, 5.41) is 3.72. The molecule has 1 rings (SSSR count). The molecule has 0 amide bonds. The lowest BCUT2D eigenvalue weighted by Gasteiger charge is -2.16. The van der Waals surface area contributed by atoms with Crippen LogP contribution in [0, 0.1) is 0 Å². The van der Waals surface area contributed by atoms with Gasteiger partial charge in [0.05, 0.1) is 0 Å². The van der Waals surface area contributed by atoms with Crippen molar-refractivity contribution in [2.45, 2.75) is 36.4 Å². The van der Waals surface area contributed by atoms with Crippen LogP contribution in [-0.4, -0.2) is 25.0 Å². The fourth-order valence-corrected chi connectivity index (χ4v) is 2.98. The van der Waals surface area contributed by atoms with E-state index in [-0.39, 0.29) is 12.5 Å². The molecular formula is C13H17ClF3NS. The molecule has 0 spiro atoms. The zero-order chi connectivity index (χ0) is 14.3. The molecule has 0 bridgehead atoms. The van der Waals surface area contributed by atoms with E-state index in [2.05, 4.69) is 5.32 Å². The fraction of sp³-hybridized carbons (Fsp3) is 0.538. The second-order valence-electron chi connectivity index (χ2n) is 4.26. The molecule has 0 aliphatic carbocycles. The minimum Gasteiger partial charge on any atom is -0.316 e. The summed E-state index contributed by atoms with van der Waals surface area (Å²) >= 11 is 7.47. The summed E-state index contributed by atoms with van der Waals surface area (Å²) in [4.78, 5) is 1.03. The van der Waals surface area contributed by atoms with E-state index in [9.17, 15) is 13.2 Å². The van der Waals surface area contributed by atoms with Gasteiger partial charge in [0.2, 0.25) is 0 Å². The Morgan fingerprint density at radius 1 is 1.37 bits per heavy atom. The predicted molar refractivity (Wildman–Crippen MR) is 74.9 cm³/mol. The van der Waals surface area contributed by atoms with Gasteiger partial charge in [0.25, 0.3) is 0 Å². The van der Waals surface area contributed by atoms with Crippen LogP contribution in [0.3, 0.4) is 0 Å². The van der Waals surface area contributed by atoms with Crippen LogP contribution >= 0.6 is 23.4 Å². The zero-order valence-electron chi connectivity index (χ0n) is 10.6. The van der Waals surface area contributed by atoms with Gasteiger partial charge in [-0.3, -0.25) is 0 Å². The molecule has 1 atom stereocenters. The van der Waals surface area contributed by atoms with E-state index in [4.69, 9.17) is 11.6 Å². The summed E-state index contributed by atoms with van der Waals surface area (Å²) in [5.74, 6) is 0.731. The summed E-state index contributed by atoms with van der Waals surface area (Å²) in [5.41, 5.74) is 0. The number of benzene rings is 1. The smallest absolute Gasteiger partial charge is 0.316 e. The Hall–Kier alpha value is -0.390. The first-order valence-corrected chi connectivity index (χ1v) is 7.39. The number of hydrogen-bond acceptors (Lipinski definition) is 2. The Kier molecular flexibility index (Phi) is 7.04. The summed E-state index contributed by atoms with van der Waals surface area (Å²) in [6.07, 6.45) is -4.10. The molecule has 0 radical (unpaired) electrons. The van der Waals surface area contributed by atoms with Gasteiger partial charge in [0.15, 0.2) is 0 Å². The summed E-state index contributed by atoms with van der Waals surface area (Å²) in [6.45, 7) is 0. The lowest BCUT2D eigenvalue weighted by molar-refractivity contribution is -0.135. The number of rotatable bonds is 7. The first kappa shape index (κ1) is 16.7. The molecule has 0 fully saturated rings. The standard InChI is InChI=1S/C13H17ClF3NS/c1-18-11(5-3-7-13(15,16)17)9-19-12-6-2-4-10(14)8-12/h2,4,6,8,11,18H,3,5,7,9H2,1H3. The molecule has 0 aliphatic heterocycles. The molecule has 108 valence electrons. The Labute approximate surface area is 120 Å². The highest BCUT2D eigenvalue weighted by Crippen LogP contribution is 2.25. The van der Waals surface area contributed by atoms with Gasteiger partial charge in [-0.15, -0.1) is 11.8 Å². The Morgan fingerprint density at radius 3 is 2.68 bits per heavy atom. The van der Waals surface area contributed by atoms with E-state index < -0.39 is 12.6 Å². The van der Waals surface area contributed by atoms with Gasteiger partial charge in [0, 0.05) is 28.1 Å². The van der Waals surface area contributed by atoms with Crippen LogP contribution in [0.5, 0.6) is 0 Å². The SMILES string of the molecule is CNC(CCCC(F)(F)F)CSc1cccc(Cl)c1. The van der Waals surface area contributed by atoms with E-state index in [1.807, 2.05) is 18.2 Å². The highest BCUT2D eigenvalue weighted by atomic mass is 35.5. The van der Waals surface area contributed by atoms with Crippen molar-refractivity contribution in [3.8, 4) is 0 Å². The molecule has 1 N–H and O–H groups in total. The molecule has 6 heteroatoms. The molecular weight excluding hydrogens is 295 g/mol. The third-order valence-electron chi connectivity index (χ3n) is 2.67. The average Bonchev–Trinajstić information content (AvgIpc) is 2.32. The van der Waals surface area contributed by atoms with E-state index in [0.717, 1.165) is 10.6 Å². The highest BCUT2D eigenvalue weighted by Gasteiger charge is 2.26. The van der Waals surface area contributed by atoms with Crippen molar-refractivity contribution in [2.24, 2.45) is 0 Å². The van der Waals surface area contributed by atoms with Gasteiger partial charge in [-0.25, -0.2) is 0 Å². The Balaban J connectivity index is 2.32. The minimum atomic E-state index is -4.06. The maximum atomic E-state index is 12.1. The number of alkyl halides is 3. The highest BCUT2D eigenvalue weighted by molar-refractivity contribution is 7.99. The quantitative estimate of drug-likeness (QED) is 0.729. The van der Waals surface area contributed by atoms with Crippen LogP contribution in [0.15, 0.2) is 29.2 Å². The second kappa shape index (κ2) is 8.02. The van der Waals surface area contributed by atoms with Crippen LogP contribution < -0.4 is 5.32 Å². The Bertz CT molecular complexity index is 384. The van der Waals surface area contributed by atoms with E-state index in [1.165, 1.54) is 0 Å². The molecule has 1 nitrogen and oxygen atoms in total. The monoisotopic (exact) mass is 311 g/mol. The van der Waals surface area contributed by atoms with Crippen molar-refractivity contribution in [1.29, 1.82) is 0 Å². The molecule has 0 saturated carbocycles. The molecule has 0 saturated heterocycles. The fourth-order valence-electron chi connectivity index (χ4n) is 1.61. The lowest BCUT2D eigenvalue weighted by atomic mass is 10.1. The van der Waals surface area contributed by atoms with Crippen molar-refractivity contribution < 1.29 is 13.2 Å². The first-order chi connectivity index (χ1) is 8.90. The van der Waals surface area contributed by atoms with Crippen molar-refractivity contribution in [2.75, 3.05) is 12.8 Å². The van der Waals surface area contributed by atoms with Gasteiger partial charge in [0.1, 0.15) is 0 Å². The normalized spacial score (nSPS) is 13.5. The Morgan fingerprint density at radius 2 is 2.11 bits per heavy atom. The number of nitrogens with one attached hydrogen (secondary N) is 1. The van der Waals surface area contributed by atoms with Crippen LogP contribution in [0.1, 0.15) is 19.3 Å². The van der Waals surface area contributed by atoms with E-state index in [1.54, 1.807) is 24.9 Å². The van der Waals surface area contributed by atoms with Gasteiger partial charge in [-0.2, -0.15) is 13.2 Å². The van der Waals surface area contributed by atoms with Gasteiger partial charge >= 0.3 is 6.18 Å². The molecule has 0 aromatic heterocycles. The van der Waals surface area contributed by atoms with Crippen LogP contribution in [-0.2, 0) is 0 Å². The molecule has 19 heavy (non-hydrogen) atoms. The molecule has 1 unspecified atom stereocenters. The molecule has 0 aliphatic rings. The average molecular weight is 312 g/mol. The summed E-state index contributed by atoms with van der Waals surface area (Å²) < 4.78 is 36.2. The van der Waals surface area contributed by atoms with Crippen LogP contribution in [0.4, 0.5) is 13.2 Å². The lowest BCUT2D eigenvalue weighted by Crippen LogP contribution is -2.28. The van der Waals surface area contributed by atoms with E-state index >= 15 is 0 Å². The van der Waals surface area contributed by atoms with Gasteiger partial charge in [-0.05, 0) is 38.1 Å². The van der Waals surface area contributed by atoms with Gasteiger partial charge < -0.3 is 5.32 Å². The largest absolute Gasteiger partial charge is 0.389 e. The zero-order valence-corrected chi connectivity index (χ0v) is 12.2. The molecule has 1 aromatic carbocycles. The maximum absolute atomic E-state index is 12.1. The number of thioether (sulfide) groups is 1. The summed E-state index contributed by atoms with van der Waals surface area (Å²) in [6, 6.07) is 7.53. The van der Waals surface area contributed by atoms with Crippen molar-refractivity contribution >= 4 is 23.4 Å². The topological polar surface area (TPSA) is 12.0 Å². The van der Waals surface area contributed by atoms with Crippen molar-refractivity contribution in [3.63, 3.8) is 0 Å². The number of halogens is 4.